The molecule has 0 saturated heterocycles. The highest BCUT2D eigenvalue weighted by Gasteiger charge is 2.09. The van der Waals surface area contributed by atoms with Gasteiger partial charge in [0.1, 0.15) is 10.5 Å². The Balaban J connectivity index is 2.33. The van der Waals surface area contributed by atoms with Crippen molar-refractivity contribution >= 4 is 21.6 Å². The molecule has 3 rings (SSSR count). The normalized spacial score (nSPS) is 11.1. The smallest absolute Gasteiger partial charge is 0.269 e. The van der Waals surface area contributed by atoms with Gasteiger partial charge in [0.25, 0.3) is 5.56 Å². The molecule has 3 aromatic rings. The number of thiophene rings is 1. The fourth-order valence-corrected chi connectivity index (χ4v) is 2.32. The summed E-state index contributed by atoms with van der Waals surface area (Å²) in [5.74, 6) is 0.558. The van der Waals surface area contributed by atoms with Gasteiger partial charge in [-0.25, -0.2) is 4.98 Å². The van der Waals surface area contributed by atoms with E-state index in [1.807, 2.05) is 18.4 Å². The molecule has 16 heavy (non-hydrogen) atoms. The molecule has 0 spiro atoms. The Kier molecular flexibility index (Phi) is 1.90. The van der Waals surface area contributed by atoms with Crippen molar-refractivity contribution in [3.05, 3.63) is 33.7 Å². The number of nitrogens with one attached hydrogen (secondary N) is 2. The fraction of sp³-hybridized carbons (Fsp3) is 0.100. The van der Waals surface area contributed by atoms with Crippen LogP contribution in [0.4, 0.5) is 0 Å². The number of aromatic nitrogens is 4. The SMILES string of the molecule is Cc1[nH]ncc1-c1nc2ccsc2c(=O)[nH]1. The molecule has 0 aliphatic heterocycles. The molecule has 0 bridgehead atoms. The third-order valence-corrected chi connectivity index (χ3v) is 3.30. The molecule has 0 saturated carbocycles. The highest BCUT2D eigenvalue weighted by Crippen LogP contribution is 2.20. The number of hydrogen-bond acceptors (Lipinski definition) is 4. The van der Waals surface area contributed by atoms with Crippen LogP contribution in [0.5, 0.6) is 0 Å². The first kappa shape index (κ1) is 9.29. The van der Waals surface area contributed by atoms with Gasteiger partial charge in [-0.05, 0) is 18.4 Å². The molecule has 5 nitrogen and oxygen atoms in total. The van der Waals surface area contributed by atoms with Crippen molar-refractivity contribution in [1.29, 1.82) is 0 Å². The minimum atomic E-state index is -0.101. The van der Waals surface area contributed by atoms with E-state index in [9.17, 15) is 4.79 Å². The second-order valence-electron chi connectivity index (χ2n) is 3.46. The van der Waals surface area contributed by atoms with E-state index in [-0.39, 0.29) is 5.56 Å². The Labute approximate surface area is 94.2 Å². The average Bonchev–Trinajstić information content (AvgIpc) is 2.85. The quantitative estimate of drug-likeness (QED) is 0.670. The standard InChI is InChI=1S/C10H8N4OS/c1-5-6(4-11-14-5)9-12-7-2-3-16-8(7)10(15)13-9/h2-4H,1H3,(H,11,14)(H,12,13,15). The van der Waals surface area contributed by atoms with Crippen molar-refractivity contribution in [2.45, 2.75) is 6.92 Å². The molecule has 0 aromatic carbocycles. The summed E-state index contributed by atoms with van der Waals surface area (Å²) < 4.78 is 0.657. The first-order valence-electron chi connectivity index (χ1n) is 4.73. The summed E-state index contributed by atoms with van der Waals surface area (Å²) in [4.78, 5) is 18.9. The van der Waals surface area contributed by atoms with Crippen molar-refractivity contribution in [2.24, 2.45) is 0 Å². The van der Waals surface area contributed by atoms with Crippen LogP contribution in [-0.4, -0.2) is 20.2 Å². The zero-order valence-electron chi connectivity index (χ0n) is 8.44. The Morgan fingerprint density at radius 2 is 2.31 bits per heavy atom. The van der Waals surface area contributed by atoms with E-state index < -0.39 is 0 Å². The molecule has 0 aliphatic carbocycles. The van der Waals surface area contributed by atoms with E-state index in [4.69, 9.17) is 0 Å². The topological polar surface area (TPSA) is 74.4 Å². The number of nitrogens with zero attached hydrogens (tertiary/aromatic N) is 2. The molecule has 0 unspecified atom stereocenters. The molecule has 80 valence electrons. The fourth-order valence-electron chi connectivity index (χ4n) is 1.59. The monoisotopic (exact) mass is 232 g/mol. The summed E-state index contributed by atoms with van der Waals surface area (Å²) in [6, 6.07) is 1.84. The van der Waals surface area contributed by atoms with Crippen molar-refractivity contribution in [1.82, 2.24) is 20.2 Å². The molecule has 0 aliphatic rings. The predicted molar refractivity (Wildman–Crippen MR) is 62.6 cm³/mol. The van der Waals surface area contributed by atoms with Gasteiger partial charge in [-0.2, -0.15) is 5.10 Å². The van der Waals surface area contributed by atoms with E-state index in [1.54, 1.807) is 6.20 Å². The molecule has 0 atom stereocenters. The van der Waals surface area contributed by atoms with E-state index in [1.165, 1.54) is 11.3 Å². The van der Waals surface area contributed by atoms with Crippen LogP contribution in [0.1, 0.15) is 5.69 Å². The van der Waals surface area contributed by atoms with Gasteiger partial charge in [0.05, 0.1) is 17.3 Å². The zero-order chi connectivity index (χ0) is 11.1. The van der Waals surface area contributed by atoms with Crippen LogP contribution < -0.4 is 5.56 Å². The van der Waals surface area contributed by atoms with E-state index >= 15 is 0 Å². The van der Waals surface area contributed by atoms with Gasteiger partial charge >= 0.3 is 0 Å². The first-order chi connectivity index (χ1) is 7.75. The minimum Gasteiger partial charge on any atom is -0.305 e. The molecule has 3 heterocycles. The van der Waals surface area contributed by atoms with E-state index in [0.29, 0.717) is 10.5 Å². The molecule has 6 heteroatoms. The molecule has 3 aromatic heterocycles. The van der Waals surface area contributed by atoms with Gasteiger partial charge in [0, 0.05) is 5.69 Å². The van der Waals surface area contributed by atoms with Gasteiger partial charge in [0.15, 0.2) is 0 Å². The van der Waals surface area contributed by atoms with Crippen molar-refractivity contribution < 1.29 is 0 Å². The van der Waals surface area contributed by atoms with Gasteiger partial charge in [-0.15, -0.1) is 11.3 Å². The van der Waals surface area contributed by atoms with Gasteiger partial charge in [-0.1, -0.05) is 0 Å². The van der Waals surface area contributed by atoms with Crippen LogP contribution in [0.2, 0.25) is 0 Å². The Hall–Kier alpha value is -1.95. The number of aromatic amines is 2. The summed E-state index contributed by atoms with van der Waals surface area (Å²) in [6.07, 6.45) is 1.66. The number of H-pyrrole nitrogens is 2. The van der Waals surface area contributed by atoms with Crippen molar-refractivity contribution in [3.63, 3.8) is 0 Å². The maximum Gasteiger partial charge on any atom is 0.269 e. The average molecular weight is 232 g/mol. The maximum absolute atomic E-state index is 11.8. The summed E-state index contributed by atoms with van der Waals surface area (Å²) in [5, 5.41) is 8.59. The van der Waals surface area contributed by atoms with Crippen LogP contribution in [0.25, 0.3) is 21.6 Å². The number of rotatable bonds is 1. The summed E-state index contributed by atoms with van der Waals surface area (Å²) >= 11 is 1.39. The molecule has 0 radical (unpaired) electrons. The van der Waals surface area contributed by atoms with Gasteiger partial charge < -0.3 is 4.98 Å². The Morgan fingerprint density at radius 3 is 3.06 bits per heavy atom. The predicted octanol–water partition coefficient (Wildman–Crippen LogP) is 1.68. The lowest BCUT2D eigenvalue weighted by molar-refractivity contribution is 1.05. The molecule has 2 N–H and O–H groups in total. The zero-order valence-corrected chi connectivity index (χ0v) is 9.26. The second-order valence-corrected chi connectivity index (χ2v) is 4.37. The number of aryl methyl sites for hydroxylation is 1. The van der Waals surface area contributed by atoms with Crippen molar-refractivity contribution in [2.75, 3.05) is 0 Å². The third-order valence-electron chi connectivity index (χ3n) is 2.40. The minimum absolute atomic E-state index is 0.101. The maximum atomic E-state index is 11.8. The highest BCUT2D eigenvalue weighted by molar-refractivity contribution is 7.17. The lowest BCUT2D eigenvalue weighted by Gasteiger charge is -1.98. The van der Waals surface area contributed by atoms with Crippen molar-refractivity contribution in [3.8, 4) is 11.4 Å². The van der Waals surface area contributed by atoms with E-state index in [0.717, 1.165) is 16.8 Å². The van der Waals surface area contributed by atoms with Gasteiger partial charge in [-0.3, -0.25) is 9.89 Å². The summed E-state index contributed by atoms with van der Waals surface area (Å²) in [7, 11) is 0. The largest absolute Gasteiger partial charge is 0.305 e. The van der Waals surface area contributed by atoms with Crippen LogP contribution in [0.15, 0.2) is 22.4 Å². The molecular formula is C10H8N4OS. The summed E-state index contributed by atoms with van der Waals surface area (Å²) in [5.41, 5.74) is 2.34. The summed E-state index contributed by atoms with van der Waals surface area (Å²) in [6.45, 7) is 1.89. The van der Waals surface area contributed by atoms with Gasteiger partial charge in [0.2, 0.25) is 0 Å². The number of hydrogen-bond donors (Lipinski definition) is 2. The third kappa shape index (κ3) is 1.27. The lowest BCUT2D eigenvalue weighted by atomic mass is 10.2. The Morgan fingerprint density at radius 1 is 1.44 bits per heavy atom. The molecule has 0 amide bonds. The molecule has 0 fully saturated rings. The second kappa shape index (κ2) is 3.28. The van der Waals surface area contributed by atoms with Crippen LogP contribution in [-0.2, 0) is 0 Å². The van der Waals surface area contributed by atoms with Crippen LogP contribution in [0.3, 0.4) is 0 Å². The number of fused-ring (bicyclic) bond motifs is 1. The Bertz CT molecular complexity index is 709. The lowest BCUT2D eigenvalue weighted by Crippen LogP contribution is -2.07. The molecular weight excluding hydrogens is 224 g/mol. The highest BCUT2D eigenvalue weighted by atomic mass is 32.1. The van der Waals surface area contributed by atoms with Crippen LogP contribution in [0, 0.1) is 6.92 Å². The first-order valence-corrected chi connectivity index (χ1v) is 5.61. The van der Waals surface area contributed by atoms with Crippen LogP contribution >= 0.6 is 11.3 Å². The van der Waals surface area contributed by atoms with E-state index in [2.05, 4.69) is 20.2 Å².